The van der Waals surface area contributed by atoms with E-state index in [9.17, 15) is 0 Å². The maximum Gasteiger partial charge on any atom is 0.168 e. The van der Waals surface area contributed by atoms with Crippen LogP contribution in [0.15, 0.2) is 114 Å². The lowest BCUT2D eigenvalue weighted by atomic mass is 9.98. The van der Waals surface area contributed by atoms with Crippen molar-refractivity contribution in [1.82, 2.24) is 0 Å². The van der Waals surface area contributed by atoms with E-state index in [1.165, 1.54) is 33.4 Å². The topological polar surface area (TPSA) is 3.88 Å². The van der Waals surface area contributed by atoms with Gasteiger partial charge in [0.2, 0.25) is 0 Å². The van der Waals surface area contributed by atoms with Gasteiger partial charge in [0, 0.05) is 42.5 Å². The van der Waals surface area contributed by atoms with E-state index < -0.39 is 0 Å². The first-order chi connectivity index (χ1) is 14.2. The van der Waals surface area contributed by atoms with Crippen molar-refractivity contribution < 1.29 is 4.57 Å². The van der Waals surface area contributed by atoms with Gasteiger partial charge in [0.15, 0.2) is 18.9 Å². The molecular formula is C28H26N+. The molecule has 1 heterocycles. The minimum atomic E-state index is 0.898. The first-order valence-electron chi connectivity index (χ1n) is 10.2. The summed E-state index contributed by atoms with van der Waals surface area (Å²) in [5.74, 6) is 0. The fraction of sp³-hybridized carbons (Fsp3) is 0.179. The van der Waals surface area contributed by atoms with Gasteiger partial charge in [0.25, 0.3) is 0 Å². The highest BCUT2D eigenvalue weighted by Crippen LogP contribution is 2.16. The van der Waals surface area contributed by atoms with Crippen LogP contribution in [0.25, 0.3) is 0 Å². The maximum absolute atomic E-state index is 3.35. The zero-order valence-corrected chi connectivity index (χ0v) is 16.9. The molecule has 0 aliphatic heterocycles. The molecule has 2 aromatic carbocycles. The number of hydrogen-bond acceptors (Lipinski definition) is 0. The van der Waals surface area contributed by atoms with Gasteiger partial charge in [-0.2, -0.15) is 0 Å². The van der Waals surface area contributed by atoms with Crippen LogP contribution in [-0.4, -0.2) is 0 Å². The lowest BCUT2D eigenvalue weighted by molar-refractivity contribution is -0.696. The Labute approximate surface area is 173 Å². The van der Waals surface area contributed by atoms with Crippen molar-refractivity contribution >= 4 is 0 Å². The molecule has 1 nitrogen and oxygen atoms in total. The van der Waals surface area contributed by atoms with E-state index in [0.717, 1.165) is 25.8 Å². The van der Waals surface area contributed by atoms with E-state index in [0.29, 0.717) is 0 Å². The van der Waals surface area contributed by atoms with Gasteiger partial charge >= 0.3 is 0 Å². The Morgan fingerprint density at radius 2 is 1.17 bits per heavy atom. The molecule has 0 saturated carbocycles. The number of aromatic nitrogens is 1. The van der Waals surface area contributed by atoms with E-state index in [-0.39, 0.29) is 0 Å². The maximum atomic E-state index is 3.35. The molecule has 0 fully saturated rings. The summed E-state index contributed by atoms with van der Waals surface area (Å²) in [5, 5.41) is 0. The monoisotopic (exact) mass is 376 g/mol. The summed E-state index contributed by atoms with van der Waals surface area (Å²) in [4.78, 5) is 0. The van der Waals surface area contributed by atoms with Gasteiger partial charge in [-0.1, -0.05) is 71.6 Å². The molecule has 1 aliphatic carbocycles. The van der Waals surface area contributed by atoms with Crippen LogP contribution in [0.2, 0.25) is 0 Å². The van der Waals surface area contributed by atoms with Crippen molar-refractivity contribution in [2.24, 2.45) is 0 Å². The largest absolute Gasteiger partial charge is 0.205 e. The van der Waals surface area contributed by atoms with Gasteiger partial charge in [0.1, 0.15) is 0 Å². The Bertz CT molecular complexity index is 1090. The highest BCUT2D eigenvalue weighted by atomic mass is 14.9. The summed E-state index contributed by atoms with van der Waals surface area (Å²) in [5.41, 5.74) is 14.4. The lowest BCUT2D eigenvalue weighted by Gasteiger charge is -2.06. The number of rotatable bonds is 7. The van der Waals surface area contributed by atoms with Gasteiger partial charge < -0.3 is 0 Å². The van der Waals surface area contributed by atoms with E-state index in [4.69, 9.17) is 0 Å². The van der Waals surface area contributed by atoms with Crippen LogP contribution in [0.4, 0.5) is 0 Å². The molecule has 0 spiro atoms. The quantitative estimate of drug-likeness (QED) is 0.379. The zero-order valence-electron chi connectivity index (χ0n) is 16.9. The Kier molecular flexibility index (Phi) is 6.03. The number of hydrogen-bond donors (Lipinski definition) is 0. The molecule has 1 aromatic heterocycles. The smallest absolute Gasteiger partial charge is 0.168 e. The molecule has 29 heavy (non-hydrogen) atoms. The minimum absolute atomic E-state index is 0.898. The highest BCUT2D eigenvalue weighted by molar-refractivity contribution is 5.38. The summed E-state index contributed by atoms with van der Waals surface area (Å²) in [7, 11) is 0. The second kappa shape index (κ2) is 9.22. The SMILES string of the molecule is Cc1ccc(CC2=C=C=C(Cc3ccc(CC[n+]4ccccc4)cc3)C=C2)cc1. The predicted octanol–water partition coefficient (Wildman–Crippen LogP) is 5.49. The third-order valence-corrected chi connectivity index (χ3v) is 5.24. The molecule has 4 rings (SSSR count). The average molecular weight is 377 g/mol. The standard InChI is InChI=1S/C28H26N/c1-23-5-7-25(8-6-23)21-27-13-15-28(16-14-27)22-26-11-9-24(10-12-26)17-20-29-18-3-2-4-19-29/h2-13,15,18-19H,17,20-22H2,1H3/q+1. The van der Waals surface area contributed by atoms with Crippen LogP contribution in [-0.2, 0) is 25.8 Å². The average Bonchev–Trinajstić information content (AvgIpc) is 2.77. The van der Waals surface area contributed by atoms with E-state index in [1.54, 1.807) is 0 Å². The van der Waals surface area contributed by atoms with Crippen molar-refractivity contribution in [1.29, 1.82) is 0 Å². The number of nitrogens with zero attached hydrogens (tertiary/aromatic N) is 1. The molecule has 1 aliphatic rings. The molecular weight excluding hydrogens is 350 g/mol. The minimum Gasteiger partial charge on any atom is -0.205 e. The molecule has 0 bridgehead atoms. The molecule has 0 radical (unpaired) electrons. The molecule has 1 heteroatoms. The van der Waals surface area contributed by atoms with E-state index >= 15 is 0 Å². The molecule has 0 saturated heterocycles. The van der Waals surface area contributed by atoms with Crippen LogP contribution in [0.1, 0.15) is 22.3 Å². The number of aryl methyl sites for hydroxylation is 3. The van der Waals surface area contributed by atoms with Gasteiger partial charge in [-0.15, -0.1) is 0 Å². The van der Waals surface area contributed by atoms with Crippen LogP contribution >= 0.6 is 0 Å². The Balaban J connectivity index is 1.36. The number of benzene rings is 2. The number of allylic oxidation sites excluding steroid dienone is 4. The lowest BCUT2D eigenvalue weighted by Crippen LogP contribution is -2.33. The fourth-order valence-electron chi connectivity index (χ4n) is 3.46. The van der Waals surface area contributed by atoms with Crippen LogP contribution < -0.4 is 4.57 Å². The molecule has 3 aromatic rings. The first-order valence-corrected chi connectivity index (χ1v) is 10.2. The van der Waals surface area contributed by atoms with Crippen molar-refractivity contribution in [3.05, 3.63) is 136 Å². The van der Waals surface area contributed by atoms with Gasteiger partial charge in [-0.05, 0) is 35.8 Å². The van der Waals surface area contributed by atoms with Crippen LogP contribution in [0, 0.1) is 6.92 Å². The second-order valence-electron chi connectivity index (χ2n) is 7.65. The number of pyridine rings is 1. The molecule has 0 amide bonds. The molecule has 142 valence electrons. The fourth-order valence-corrected chi connectivity index (χ4v) is 3.46. The van der Waals surface area contributed by atoms with E-state index in [1.807, 2.05) is 0 Å². The molecule has 0 N–H and O–H groups in total. The van der Waals surface area contributed by atoms with Gasteiger partial charge in [0.05, 0.1) is 0 Å². The van der Waals surface area contributed by atoms with E-state index in [2.05, 4.69) is 114 Å². The summed E-state index contributed by atoms with van der Waals surface area (Å²) in [6.07, 6.45) is 11.4. The Morgan fingerprint density at radius 3 is 1.72 bits per heavy atom. The normalized spacial score (nSPS) is 12.6. The third kappa shape index (κ3) is 5.56. The Hall–Kier alpha value is -3.37. The summed E-state index contributed by atoms with van der Waals surface area (Å²) >= 11 is 0. The van der Waals surface area contributed by atoms with Crippen molar-refractivity contribution in [2.45, 2.75) is 32.7 Å². The Morgan fingerprint density at radius 1 is 0.655 bits per heavy atom. The van der Waals surface area contributed by atoms with Crippen molar-refractivity contribution in [3.63, 3.8) is 0 Å². The second-order valence-corrected chi connectivity index (χ2v) is 7.65. The highest BCUT2D eigenvalue weighted by Gasteiger charge is 2.04. The molecule has 0 unspecified atom stereocenters. The van der Waals surface area contributed by atoms with Crippen molar-refractivity contribution in [2.75, 3.05) is 0 Å². The summed E-state index contributed by atoms with van der Waals surface area (Å²) in [6, 6.07) is 23.9. The van der Waals surface area contributed by atoms with Crippen molar-refractivity contribution in [3.8, 4) is 0 Å². The van der Waals surface area contributed by atoms with Crippen LogP contribution in [0.5, 0.6) is 0 Å². The third-order valence-electron chi connectivity index (χ3n) is 5.24. The first kappa shape index (κ1) is 19.0. The van der Waals surface area contributed by atoms with Gasteiger partial charge in [-0.3, -0.25) is 0 Å². The summed E-state index contributed by atoms with van der Waals surface area (Å²) in [6.45, 7) is 3.12. The van der Waals surface area contributed by atoms with Gasteiger partial charge in [-0.25, -0.2) is 4.57 Å². The van der Waals surface area contributed by atoms with Crippen LogP contribution in [0.3, 0.4) is 0 Å². The molecule has 0 atom stereocenters. The summed E-state index contributed by atoms with van der Waals surface area (Å²) < 4.78 is 2.22. The zero-order chi connectivity index (χ0) is 19.9. The predicted molar refractivity (Wildman–Crippen MR) is 119 cm³/mol.